The van der Waals surface area contributed by atoms with E-state index in [9.17, 15) is 8.78 Å². The predicted octanol–water partition coefficient (Wildman–Crippen LogP) is 3.97. The molecule has 0 aliphatic rings. The lowest BCUT2D eigenvalue weighted by atomic mass is 9.96. The smallest absolute Gasteiger partial charge is 0.141 e. The fraction of sp³-hybridized carbons (Fsp3) is 0.143. The summed E-state index contributed by atoms with van der Waals surface area (Å²) in [5.74, 6) is -0.788. The van der Waals surface area contributed by atoms with E-state index in [-0.39, 0.29) is 10.8 Å². The number of nitrogens with two attached hydrogens (primary N) is 1. The fourth-order valence-corrected chi connectivity index (χ4v) is 2.06. The lowest BCUT2D eigenvalue weighted by Crippen LogP contribution is -2.13. The van der Waals surface area contributed by atoms with Crippen molar-refractivity contribution in [1.82, 2.24) is 0 Å². The van der Waals surface area contributed by atoms with E-state index in [4.69, 9.17) is 17.3 Å². The van der Waals surface area contributed by atoms with Crippen molar-refractivity contribution in [2.45, 2.75) is 13.0 Å². The number of halogens is 3. The van der Waals surface area contributed by atoms with Crippen molar-refractivity contribution in [1.29, 1.82) is 0 Å². The Bertz CT molecular complexity index is 584. The molecule has 1 atom stereocenters. The van der Waals surface area contributed by atoms with Crippen LogP contribution in [0.1, 0.15) is 22.7 Å². The number of rotatable bonds is 2. The number of aryl methyl sites for hydroxylation is 1. The highest BCUT2D eigenvalue weighted by Gasteiger charge is 2.13. The SMILES string of the molecule is Cc1cc(F)ccc1C(N)c1ccc(F)c(Cl)c1. The van der Waals surface area contributed by atoms with Crippen LogP contribution in [0, 0.1) is 18.6 Å². The van der Waals surface area contributed by atoms with Crippen molar-refractivity contribution < 1.29 is 8.78 Å². The Hall–Kier alpha value is -1.45. The van der Waals surface area contributed by atoms with E-state index in [0.29, 0.717) is 5.56 Å². The van der Waals surface area contributed by atoms with E-state index in [0.717, 1.165) is 11.1 Å². The summed E-state index contributed by atoms with van der Waals surface area (Å²) in [6.45, 7) is 1.78. The molecule has 0 radical (unpaired) electrons. The van der Waals surface area contributed by atoms with Gasteiger partial charge in [-0.1, -0.05) is 23.7 Å². The van der Waals surface area contributed by atoms with Crippen molar-refractivity contribution in [3.05, 3.63) is 69.7 Å². The van der Waals surface area contributed by atoms with E-state index >= 15 is 0 Å². The molecule has 0 spiro atoms. The summed E-state index contributed by atoms with van der Waals surface area (Å²) in [6.07, 6.45) is 0. The number of hydrogen-bond donors (Lipinski definition) is 1. The summed E-state index contributed by atoms with van der Waals surface area (Å²) in [7, 11) is 0. The maximum absolute atomic E-state index is 13.1. The molecule has 0 aromatic heterocycles. The second-order valence-electron chi connectivity index (χ2n) is 4.15. The third-order valence-corrected chi connectivity index (χ3v) is 3.16. The summed E-state index contributed by atoms with van der Waals surface area (Å²) in [6, 6.07) is 8.29. The zero-order chi connectivity index (χ0) is 13.3. The van der Waals surface area contributed by atoms with E-state index in [1.165, 1.54) is 24.3 Å². The molecule has 2 aromatic rings. The largest absolute Gasteiger partial charge is 0.320 e. The van der Waals surface area contributed by atoms with Crippen molar-refractivity contribution in [3.8, 4) is 0 Å². The van der Waals surface area contributed by atoms with Crippen LogP contribution in [0.15, 0.2) is 36.4 Å². The lowest BCUT2D eigenvalue weighted by Gasteiger charge is -2.15. The Morgan fingerprint density at radius 3 is 2.44 bits per heavy atom. The van der Waals surface area contributed by atoms with Gasteiger partial charge in [0.05, 0.1) is 11.1 Å². The minimum Gasteiger partial charge on any atom is -0.320 e. The van der Waals surface area contributed by atoms with Crippen LogP contribution in [0.5, 0.6) is 0 Å². The van der Waals surface area contributed by atoms with Crippen LogP contribution in [0.2, 0.25) is 5.02 Å². The fourth-order valence-electron chi connectivity index (χ4n) is 1.87. The van der Waals surface area contributed by atoms with Gasteiger partial charge in [-0.05, 0) is 47.9 Å². The number of benzene rings is 2. The van der Waals surface area contributed by atoms with Gasteiger partial charge in [0.2, 0.25) is 0 Å². The van der Waals surface area contributed by atoms with Gasteiger partial charge in [0.25, 0.3) is 0 Å². The Morgan fingerprint density at radius 1 is 1.11 bits per heavy atom. The van der Waals surface area contributed by atoms with E-state index < -0.39 is 11.9 Å². The van der Waals surface area contributed by atoms with Crippen LogP contribution >= 0.6 is 11.6 Å². The first-order chi connectivity index (χ1) is 8.49. The van der Waals surface area contributed by atoms with Gasteiger partial charge < -0.3 is 5.73 Å². The molecule has 2 rings (SSSR count). The molecule has 2 N–H and O–H groups in total. The molecule has 0 saturated carbocycles. The average Bonchev–Trinajstić information content (AvgIpc) is 2.32. The highest BCUT2D eigenvalue weighted by molar-refractivity contribution is 6.30. The molecule has 2 aromatic carbocycles. The molecule has 0 saturated heterocycles. The van der Waals surface area contributed by atoms with Crippen LogP contribution in [-0.4, -0.2) is 0 Å². The topological polar surface area (TPSA) is 26.0 Å². The van der Waals surface area contributed by atoms with Crippen LogP contribution in [0.3, 0.4) is 0 Å². The first-order valence-electron chi connectivity index (χ1n) is 5.45. The Labute approximate surface area is 109 Å². The van der Waals surface area contributed by atoms with Gasteiger partial charge in [0.1, 0.15) is 11.6 Å². The third kappa shape index (κ3) is 2.52. The van der Waals surface area contributed by atoms with Crippen molar-refractivity contribution >= 4 is 11.6 Å². The Kier molecular flexibility index (Phi) is 3.64. The summed E-state index contributed by atoms with van der Waals surface area (Å²) in [5.41, 5.74) is 8.32. The molecule has 0 aliphatic heterocycles. The maximum Gasteiger partial charge on any atom is 0.141 e. The van der Waals surface area contributed by atoms with Crippen molar-refractivity contribution in [2.75, 3.05) is 0 Å². The van der Waals surface area contributed by atoms with Gasteiger partial charge >= 0.3 is 0 Å². The highest BCUT2D eigenvalue weighted by atomic mass is 35.5. The van der Waals surface area contributed by atoms with Gasteiger partial charge in [-0.15, -0.1) is 0 Å². The molecule has 1 nitrogen and oxygen atoms in total. The van der Waals surface area contributed by atoms with Crippen LogP contribution in [0.25, 0.3) is 0 Å². The van der Waals surface area contributed by atoms with E-state index in [1.54, 1.807) is 19.1 Å². The Morgan fingerprint density at radius 2 is 1.83 bits per heavy atom. The zero-order valence-corrected chi connectivity index (χ0v) is 10.5. The lowest BCUT2D eigenvalue weighted by molar-refractivity contribution is 0.624. The summed E-state index contributed by atoms with van der Waals surface area (Å²) in [5, 5.41) is 0.0303. The van der Waals surface area contributed by atoms with E-state index in [1.807, 2.05) is 0 Å². The molecule has 0 bridgehead atoms. The van der Waals surface area contributed by atoms with Crippen LogP contribution < -0.4 is 5.73 Å². The first kappa shape index (κ1) is 13.0. The molecule has 0 fully saturated rings. The third-order valence-electron chi connectivity index (χ3n) is 2.87. The molecule has 4 heteroatoms. The molecule has 1 unspecified atom stereocenters. The molecule has 0 amide bonds. The van der Waals surface area contributed by atoms with Crippen molar-refractivity contribution in [3.63, 3.8) is 0 Å². The predicted molar refractivity (Wildman–Crippen MR) is 68.6 cm³/mol. The minimum absolute atomic E-state index is 0.0303. The second kappa shape index (κ2) is 5.04. The molecule has 0 aliphatic carbocycles. The highest BCUT2D eigenvalue weighted by Crippen LogP contribution is 2.26. The monoisotopic (exact) mass is 267 g/mol. The van der Waals surface area contributed by atoms with Gasteiger partial charge in [-0.2, -0.15) is 0 Å². The summed E-state index contributed by atoms with van der Waals surface area (Å²) >= 11 is 5.72. The van der Waals surface area contributed by atoms with Gasteiger partial charge in [0, 0.05) is 0 Å². The molecule has 0 heterocycles. The molecule has 18 heavy (non-hydrogen) atoms. The summed E-state index contributed by atoms with van der Waals surface area (Å²) in [4.78, 5) is 0. The first-order valence-corrected chi connectivity index (χ1v) is 5.83. The van der Waals surface area contributed by atoms with Crippen molar-refractivity contribution in [2.24, 2.45) is 5.73 Å². The second-order valence-corrected chi connectivity index (χ2v) is 4.56. The van der Waals surface area contributed by atoms with E-state index in [2.05, 4.69) is 0 Å². The van der Waals surface area contributed by atoms with Gasteiger partial charge in [-0.25, -0.2) is 8.78 Å². The average molecular weight is 268 g/mol. The molecule has 94 valence electrons. The quantitative estimate of drug-likeness (QED) is 0.875. The minimum atomic E-state index is -0.483. The summed E-state index contributed by atoms with van der Waals surface area (Å²) < 4.78 is 26.1. The molecular formula is C14H12ClF2N. The molecular weight excluding hydrogens is 256 g/mol. The van der Waals surface area contributed by atoms with Gasteiger partial charge in [0.15, 0.2) is 0 Å². The Balaban J connectivity index is 2.41. The zero-order valence-electron chi connectivity index (χ0n) is 9.75. The standard InChI is InChI=1S/C14H12ClF2N/c1-8-6-10(16)3-4-11(8)14(18)9-2-5-13(17)12(15)7-9/h2-7,14H,18H2,1H3. The number of hydrogen-bond acceptors (Lipinski definition) is 1. The van der Waals surface area contributed by atoms with Gasteiger partial charge in [-0.3, -0.25) is 0 Å². The van der Waals surface area contributed by atoms with Crippen LogP contribution in [-0.2, 0) is 0 Å². The maximum atomic E-state index is 13.1. The normalized spacial score (nSPS) is 12.5. The van der Waals surface area contributed by atoms with Crippen LogP contribution in [0.4, 0.5) is 8.78 Å².